The Morgan fingerprint density at radius 2 is 1.71 bits per heavy atom. The minimum atomic E-state index is -3.55. The van der Waals surface area contributed by atoms with Crippen LogP contribution in [0.2, 0.25) is 0 Å². The lowest BCUT2D eigenvalue weighted by molar-refractivity contribution is -0.117. The van der Waals surface area contributed by atoms with Crippen molar-refractivity contribution < 1.29 is 17.6 Å². The molecule has 1 saturated heterocycles. The number of aryl methyl sites for hydroxylation is 2. The highest BCUT2D eigenvalue weighted by molar-refractivity contribution is 7.89. The van der Waals surface area contributed by atoms with Gasteiger partial charge in [0.05, 0.1) is 17.1 Å². The zero-order valence-corrected chi connectivity index (χ0v) is 16.8. The van der Waals surface area contributed by atoms with Crippen molar-refractivity contribution in [1.29, 1.82) is 0 Å². The van der Waals surface area contributed by atoms with Gasteiger partial charge in [0.25, 0.3) is 0 Å². The highest BCUT2D eigenvalue weighted by Gasteiger charge is 2.29. The van der Waals surface area contributed by atoms with Crippen molar-refractivity contribution in [1.82, 2.24) is 9.21 Å². The molecule has 1 amide bonds. The molecule has 0 spiro atoms. The molecule has 1 aliphatic rings. The van der Waals surface area contributed by atoms with Crippen LogP contribution in [0.4, 0.5) is 10.1 Å². The van der Waals surface area contributed by atoms with Gasteiger partial charge in [0.1, 0.15) is 5.82 Å². The van der Waals surface area contributed by atoms with E-state index in [2.05, 4.69) is 5.32 Å². The Morgan fingerprint density at radius 3 is 2.36 bits per heavy atom. The molecule has 1 aliphatic heterocycles. The van der Waals surface area contributed by atoms with Crippen molar-refractivity contribution >= 4 is 21.6 Å². The van der Waals surface area contributed by atoms with E-state index in [1.54, 1.807) is 24.3 Å². The van der Waals surface area contributed by atoms with E-state index in [-0.39, 0.29) is 18.1 Å². The molecule has 150 valence electrons. The molecule has 8 heteroatoms. The second-order valence-electron chi connectivity index (χ2n) is 6.95. The first-order chi connectivity index (χ1) is 13.3. The number of carbonyl (C=O) groups is 1. The van der Waals surface area contributed by atoms with Crippen LogP contribution in [0.25, 0.3) is 0 Å². The molecule has 6 nitrogen and oxygen atoms in total. The molecule has 0 unspecified atom stereocenters. The highest BCUT2D eigenvalue weighted by Crippen LogP contribution is 2.20. The van der Waals surface area contributed by atoms with E-state index in [1.807, 2.05) is 24.8 Å². The fourth-order valence-electron chi connectivity index (χ4n) is 3.11. The van der Waals surface area contributed by atoms with Gasteiger partial charge in [-0.2, -0.15) is 4.31 Å². The number of carbonyl (C=O) groups excluding carboxylic acids is 1. The lowest BCUT2D eigenvalue weighted by Crippen LogP contribution is -2.50. The molecule has 2 aromatic rings. The van der Waals surface area contributed by atoms with Gasteiger partial charge in [0, 0.05) is 26.2 Å². The predicted octanol–water partition coefficient (Wildman–Crippen LogP) is 2.39. The summed E-state index contributed by atoms with van der Waals surface area (Å²) in [6.07, 6.45) is 0. The minimum absolute atomic E-state index is 0.0891. The monoisotopic (exact) mass is 405 g/mol. The van der Waals surface area contributed by atoms with Crippen LogP contribution in [0.15, 0.2) is 47.4 Å². The number of piperazine rings is 1. The van der Waals surface area contributed by atoms with Gasteiger partial charge in [0.15, 0.2) is 0 Å². The zero-order chi connectivity index (χ0) is 20.3. The molecule has 0 radical (unpaired) electrons. The van der Waals surface area contributed by atoms with Gasteiger partial charge in [-0.25, -0.2) is 12.8 Å². The first kappa shape index (κ1) is 20.4. The van der Waals surface area contributed by atoms with Gasteiger partial charge in [-0.05, 0) is 49.2 Å². The summed E-state index contributed by atoms with van der Waals surface area (Å²) in [5, 5.41) is 2.55. The van der Waals surface area contributed by atoms with Gasteiger partial charge in [-0.1, -0.05) is 18.2 Å². The van der Waals surface area contributed by atoms with Gasteiger partial charge in [-0.15, -0.1) is 0 Å². The molecule has 2 aromatic carbocycles. The summed E-state index contributed by atoms with van der Waals surface area (Å²) in [5.41, 5.74) is 2.12. The van der Waals surface area contributed by atoms with Crippen LogP contribution in [0.5, 0.6) is 0 Å². The fourth-order valence-corrected chi connectivity index (χ4v) is 4.61. The zero-order valence-electron chi connectivity index (χ0n) is 16.0. The maximum Gasteiger partial charge on any atom is 0.243 e. The third-order valence-electron chi connectivity index (χ3n) is 4.96. The molecule has 1 fully saturated rings. The Kier molecular flexibility index (Phi) is 6.12. The third-order valence-corrected chi connectivity index (χ3v) is 6.86. The minimum Gasteiger partial charge on any atom is -0.322 e. The standard InChI is InChI=1S/C20H24FN3O3S/c1-15-7-8-17(13-16(15)2)28(26,27)24-11-9-23(10-12-24)14-20(25)22-19-6-4-3-5-18(19)21/h3-8,13H,9-12,14H2,1-2H3,(H,22,25). The van der Waals surface area contributed by atoms with E-state index in [4.69, 9.17) is 0 Å². The summed E-state index contributed by atoms with van der Waals surface area (Å²) < 4.78 is 40.8. The van der Waals surface area contributed by atoms with Crippen molar-refractivity contribution in [3.63, 3.8) is 0 Å². The number of hydrogen-bond donors (Lipinski definition) is 1. The number of sulfonamides is 1. The number of rotatable bonds is 5. The molecule has 0 atom stereocenters. The number of anilines is 1. The van der Waals surface area contributed by atoms with Gasteiger partial charge < -0.3 is 5.32 Å². The SMILES string of the molecule is Cc1ccc(S(=O)(=O)N2CCN(CC(=O)Nc3ccccc3F)CC2)cc1C. The number of amides is 1. The second kappa shape index (κ2) is 8.38. The lowest BCUT2D eigenvalue weighted by atomic mass is 10.1. The molecule has 28 heavy (non-hydrogen) atoms. The summed E-state index contributed by atoms with van der Waals surface area (Å²) in [6, 6.07) is 11.1. The van der Waals surface area contributed by atoms with Gasteiger partial charge >= 0.3 is 0 Å². The van der Waals surface area contributed by atoms with E-state index in [1.165, 1.54) is 16.4 Å². The molecule has 0 aliphatic carbocycles. The van der Waals surface area contributed by atoms with E-state index >= 15 is 0 Å². The number of benzene rings is 2. The highest BCUT2D eigenvalue weighted by atomic mass is 32.2. The van der Waals surface area contributed by atoms with Crippen LogP contribution in [-0.4, -0.2) is 56.3 Å². The van der Waals surface area contributed by atoms with Crippen LogP contribution < -0.4 is 5.32 Å². The molecule has 0 bridgehead atoms. The quantitative estimate of drug-likeness (QED) is 0.829. The van der Waals surface area contributed by atoms with Crippen molar-refractivity contribution in [2.24, 2.45) is 0 Å². The van der Waals surface area contributed by atoms with Crippen molar-refractivity contribution in [3.8, 4) is 0 Å². The number of hydrogen-bond acceptors (Lipinski definition) is 4. The largest absolute Gasteiger partial charge is 0.322 e. The third kappa shape index (κ3) is 4.57. The Bertz CT molecular complexity index is 970. The van der Waals surface area contributed by atoms with Crippen LogP contribution in [0.3, 0.4) is 0 Å². The molecular weight excluding hydrogens is 381 g/mol. The number of halogens is 1. The molecule has 0 aromatic heterocycles. The summed E-state index contributed by atoms with van der Waals surface area (Å²) in [4.78, 5) is 14.3. The second-order valence-corrected chi connectivity index (χ2v) is 8.89. The van der Waals surface area contributed by atoms with Crippen molar-refractivity contribution in [2.45, 2.75) is 18.7 Å². The van der Waals surface area contributed by atoms with Crippen molar-refractivity contribution in [2.75, 3.05) is 38.0 Å². The number of para-hydroxylation sites is 1. The maximum absolute atomic E-state index is 13.6. The first-order valence-corrected chi connectivity index (χ1v) is 10.6. The summed E-state index contributed by atoms with van der Waals surface area (Å²) in [5.74, 6) is -0.810. The Labute approximate surface area is 165 Å². The molecule has 1 N–H and O–H groups in total. The van der Waals surface area contributed by atoms with Gasteiger partial charge in [-0.3, -0.25) is 9.69 Å². The Balaban J connectivity index is 1.57. The first-order valence-electron chi connectivity index (χ1n) is 9.11. The van der Waals surface area contributed by atoms with E-state index in [0.29, 0.717) is 31.1 Å². The van der Waals surface area contributed by atoms with Crippen LogP contribution in [0.1, 0.15) is 11.1 Å². The van der Waals surface area contributed by atoms with Crippen molar-refractivity contribution in [3.05, 3.63) is 59.4 Å². The maximum atomic E-state index is 13.6. The van der Waals surface area contributed by atoms with Crippen LogP contribution in [0, 0.1) is 19.7 Å². The smallest absolute Gasteiger partial charge is 0.243 e. The molecular formula is C20H24FN3O3S. The van der Waals surface area contributed by atoms with E-state index in [9.17, 15) is 17.6 Å². The fraction of sp³-hybridized carbons (Fsp3) is 0.350. The number of nitrogens with one attached hydrogen (secondary N) is 1. The predicted molar refractivity (Wildman–Crippen MR) is 106 cm³/mol. The topological polar surface area (TPSA) is 69.7 Å². The average Bonchev–Trinajstić information content (AvgIpc) is 2.66. The molecule has 1 heterocycles. The van der Waals surface area contributed by atoms with E-state index < -0.39 is 15.8 Å². The summed E-state index contributed by atoms with van der Waals surface area (Å²) >= 11 is 0. The number of nitrogens with zero attached hydrogens (tertiary/aromatic N) is 2. The lowest BCUT2D eigenvalue weighted by Gasteiger charge is -2.33. The van der Waals surface area contributed by atoms with Crippen LogP contribution >= 0.6 is 0 Å². The normalized spacial score (nSPS) is 16.1. The summed E-state index contributed by atoms with van der Waals surface area (Å²) in [7, 11) is -3.55. The van der Waals surface area contributed by atoms with Gasteiger partial charge in [0.2, 0.25) is 15.9 Å². The van der Waals surface area contributed by atoms with Crippen LogP contribution in [-0.2, 0) is 14.8 Å². The Morgan fingerprint density at radius 1 is 1.04 bits per heavy atom. The van der Waals surface area contributed by atoms with E-state index in [0.717, 1.165) is 11.1 Å². The molecule has 0 saturated carbocycles. The Hall–Kier alpha value is -2.29. The summed E-state index contributed by atoms with van der Waals surface area (Å²) in [6.45, 7) is 5.41. The average molecular weight is 405 g/mol. The molecule has 3 rings (SSSR count).